The summed E-state index contributed by atoms with van der Waals surface area (Å²) in [6.45, 7) is 0.332. The molecule has 0 saturated heterocycles. The molecule has 0 amide bonds. The first kappa shape index (κ1) is 13.0. The average Bonchev–Trinajstić information content (AvgIpc) is 2.50. The molecule has 1 aromatic carbocycles. The number of hydrogen-bond acceptors (Lipinski definition) is 4. The van der Waals surface area contributed by atoms with Crippen molar-refractivity contribution in [3.05, 3.63) is 81.0 Å². The predicted octanol–water partition coefficient (Wildman–Crippen LogP) is 2.35. The van der Waals surface area contributed by atoms with Crippen LogP contribution in [-0.2, 0) is 6.54 Å². The van der Waals surface area contributed by atoms with Crippen LogP contribution in [0.5, 0.6) is 0 Å². The molecule has 3 rings (SSSR count). The minimum atomic E-state index is -0.481. The first-order chi connectivity index (χ1) is 10.2. The molecule has 0 spiro atoms. The summed E-state index contributed by atoms with van der Waals surface area (Å²) >= 11 is 0. The van der Waals surface area contributed by atoms with E-state index in [9.17, 15) is 14.9 Å². The van der Waals surface area contributed by atoms with Crippen LogP contribution in [0.4, 0.5) is 5.69 Å². The van der Waals surface area contributed by atoms with Gasteiger partial charge in [0.25, 0.3) is 11.2 Å². The van der Waals surface area contributed by atoms with Gasteiger partial charge in [-0.05, 0) is 24.3 Å². The molecule has 21 heavy (non-hydrogen) atoms. The maximum absolute atomic E-state index is 12.4. The second kappa shape index (κ2) is 5.16. The number of rotatable bonds is 3. The Labute approximate surface area is 119 Å². The first-order valence-corrected chi connectivity index (χ1v) is 6.33. The summed E-state index contributed by atoms with van der Waals surface area (Å²) in [6.07, 6.45) is 3.22. The Hall–Kier alpha value is -3.02. The summed E-state index contributed by atoms with van der Waals surface area (Å²) in [5, 5.41) is 11.7. The van der Waals surface area contributed by atoms with E-state index in [0.717, 1.165) is 5.69 Å². The van der Waals surface area contributed by atoms with Crippen molar-refractivity contribution < 1.29 is 4.92 Å². The van der Waals surface area contributed by atoms with Crippen molar-refractivity contribution in [2.24, 2.45) is 0 Å². The van der Waals surface area contributed by atoms with E-state index in [4.69, 9.17) is 0 Å². The van der Waals surface area contributed by atoms with Crippen LogP contribution in [0.25, 0.3) is 10.8 Å². The zero-order chi connectivity index (χ0) is 14.8. The molecule has 0 aliphatic rings. The van der Waals surface area contributed by atoms with Gasteiger partial charge in [0.1, 0.15) is 0 Å². The minimum Gasteiger partial charge on any atom is -0.309 e. The predicted molar refractivity (Wildman–Crippen MR) is 78.2 cm³/mol. The Balaban J connectivity index is 2.13. The van der Waals surface area contributed by atoms with Crippen LogP contribution in [0.2, 0.25) is 0 Å². The van der Waals surface area contributed by atoms with Gasteiger partial charge in [0.2, 0.25) is 0 Å². The van der Waals surface area contributed by atoms with Crippen molar-refractivity contribution in [1.29, 1.82) is 0 Å². The number of nitrogens with zero attached hydrogens (tertiary/aromatic N) is 3. The highest BCUT2D eigenvalue weighted by Gasteiger charge is 2.13. The molecule has 104 valence electrons. The zero-order valence-corrected chi connectivity index (χ0v) is 11.0. The molecule has 2 heterocycles. The molecular weight excluding hydrogens is 270 g/mol. The summed E-state index contributed by atoms with van der Waals surface area (Å²) in [4.78, 5) is 27.1. The fourth-order valence-electron chi connectivity index (χ4n) is 2.25. The third-order valence-electron chi connectivity index (χ3n) is 3.25. The topological polar surface area (TPSA) is 78.0 Å². The van der Waals surface area contributed by atoms with Crippen LogP contribution in [0.1, 0.15) is 5.69 Å². The van der Waals surface area contributed by atoms with Gasteiger partial charge in [-0.1, -0.05) is 12.1 Å². The molecule has 6 heteroatoms. The summed E-state index contributed by atoms with van der Waals surface area (Å²) in [5.41, 5.74) is 0.431. The number of pyridine rings is 2. The van der Waals surface area contributed by atoms with Gasteiger partial charge >= 0.3 is 0 Å². The molecule has 0 aliphatic carbocycles. The van der Waals surface area contributed by atoms with E-state index in [1.165, 1.54) is 16.7 Å². The minimum absolute atomic E-state index is 0.0606. The van der Waals surface area contributed by atoms with E-state index < -0.39 is 4.92 Å². The highest BCUT2D eigenvalue weighted by molar-refractivity contribution is 5.89. The Kier molecular flexibility index (Phi) is 3.19. The number of fused-ring (bicyclic) bond motifs is 1. The number of hydrogen-bond donors (Lipinski definition) is 0. The van der Waals surface area contributed by atoms with Crippen molar-refractivity contribution in [2.75, 3.05) is 0 Å². The SMILES string of the molecule is O=c1c2cccc([N+](=O)[O-])c2ccn1Cc1ccccn1. The second-order valence-corrected chi connectivity index (χ2v) is 4.57. The molecule has 0 radical (unpaired) electrons. The molecule has 0 N–H and O–H groups in total. The monoisotopic (exact) mass is 281 g/mol. The van der Waals surface area contributed by atoms with Crippen LogP contribution in [0.3, 0.4) is 0 Å². The van der Waals surface area contributed by atoms with Gasteiger partial charge in [-0.25, -0.2) is 0 Å². The van der Waals surface area contributed by atoms with Crippen molar-refractivity contribution in [3.63, 3.8) is 0 Å². The van der Waals surface area contributed by atoms with Crippen LogP contribution in [0, 0.1) is 10.1 Å². The first-order valence-electron chi connectivity index (χ1n) is 6.33. The second-order valence-electron chi connectivity index (χ2n) is 4.57. The van der Waals surface area contributed by atoms with Gasteiger partial charge in [0.15, 0.2) is 0 Å². The van der Waals surface area contributed by atoms with Crippen molar-refractivity contribution >= 4 is 16.5 Å². The van der Waals surface area contributed by atoms with Crippen molar-refractivity contribution in [3.8, 4) is 0 Å². The van der Waals surface area contributed by atoms with Crippen LogP contribution in [-0.4, -0.2) is 14.5 Å². The Morgan fingerprint density at radius 2 is 1.95 bits per heavy atom. The van der Waals surface area contributed by atoms with Crippen LogP contribution < -0.4 is 5.56 Å². The zero-order valence-electron chi connectivity index (χ0n) is 11.0. The maximum Gasteiger partial charge on any atom is 0.277 e. The quantitative estimate of drug-likeness (QED) is 0.545. The largest absolute Gasteiger partial charge is 0.309 e. The molecule has 3 aromatic rings. The third-order valence-corrected chi connectivity index (χ3v) is 3.25. The fourth-order valence-corrected chi connectivity index (χ4v) is 2.25. The van der Waals surface area contributed by atoms with Crippen LogP contribution >= 0.6 is 0 Å². The summed E-state index contributed by atoms with van der Waals surface area (Å²) in [7, 11) is 0. The van der Waals surface area contributed by atoms with Gasteiger partial charge in [-0.15, -0.1) is 0 Å². The molecule has 0 aliphatic heterocycles. The van der Waals surface area contributed by atoms with Gasteiger partial charge < -0.3 is 4.57 Å². The highest BCUT2D eigenvalue weighted by Crippen LogP contribution is 2.22. The number of non-ortho nitro benzene ring substituents is 1. The summed E-state index contributed by atoms with van der Waals surface area (Å²) in [5.74, 6) is 0. The lowest BCUT2D eigenvalue weighted by molar-refractivity contribution is -0.383. The van der Waals surface area contributed by atoms with E-state index in [2.05, 4.69) is 4.98 Å². The molecule has 0 unspecified atom stereocenters. The summed E-state index contributed by atoms with van der Waals surface area (Å²) < 4.78 is 1.49. The number of nitro benzene ring substituents is 1. The van der Waals surface area contributed by atoms with E-state index >= 15 is 0 Å². The van der Waals surface area contributed by atoms with E-state index in [-0.39, 0.29) is 11.2 Å². The summed E-state index contributed by atoms with van der Waals surface area (Å²) in [6, 6.07) is 11.6. The van der Waals surface area contributed by atoms with Crippen molar-refractivity contribution in [1.82, 2.24) is 9.55 Å². The van der Waals surface area contributed by atoms with E-state index in [1.54, 1.807) is 30.6 Å². The lowest BCUT2D eigenvalue weighted by Crippen LogP contribution is -2.20. The molecule has 0 bridgehead atoms. The van der Waals surface area contributed by atoms with Gasteiger partial charge in [-0.3, -0.25) is 19.9 Å². The number of nitro groups is 1. The van der Waals surface area contributed by atoms with Crippen molar-refractivity contribution in [2.45, 2.75) is 6.54 Å². The molecule has 2 aromatic heterocycles. The Morgan fingerprint density at radius 1 is 1.10 bits per heavy atom. The lowest BCUT2D eigenvalue weighted by Gasteiger charge is -2.07. The number of aromatic nitrogens is 2. The van der Waals surface area contributed by atoms with Gasteiger partial charge in [0, 0.05) is 18.5 Å². The average molecular weight is 281 g/mol. The Bertz CT molecular complexity index is 872. The standard InChI is InChI=1S/C15H11N3O3/c19-15-13-5-3-6-14(18(20)21)12(13)7-9-17(15)10-11-4-1-2-8-16-11/h1-9H,10H2. The smallest absolute Gasteiger partial charge is 0.277 e. The lowest BCUT2D eigenvalue weighted by atomic mass is 10.1. The van der Waals surface area contributed by atoms with E-state index in [0.29, 0.717) is 17.3 Å². The van der Waals surface area contributed by atoms with Gasteiger partial charge in [-0.2, -0.15) is 0 Å². The molecule has 6 nitrogen and oxygen atoms in total. The number of benzene rings is 1. The normalized spacial score (nSPS) is 10.7. The fraction of sp³-hybridized carbons (Fsp3) is 0.0667. The molecule has 0 atom stereocenters. The third kappa shape index (κ3) is 2.38. The molecule has 0 fully saturated rings. The van der Waals surface area contributed by atoms with Gasteiger partial charge in [0.05, 0.1) is 27.9 Å². The van der Waals surface area contributed by atoms with E-state index in [1.807, 2.05) is 12.1 Å². The maximum atomic E-state index is 12.4. The molecule has 0 saturated carbocycles. The Morgan fingerprint density at radius 3 is 2.67 bits per heavy atom. The molecular formula is C15H11N3O3. The highest BCUT2D eigenvalue weighted by atomic mass is 16.6. The van der Waals surface area contributed by atoms with Crippen LogP contribution in [0.15, 0.2) is 59.7 Å².